The number of thiophene rings is 1. The monoisotopic (exact) mass is 484 g/mol. The first-order chi connectivity index (χ1) is 16.7. The fourth-order valence-corrected chi connectivity index (χ4v) is 8.39. The van der Waals surface area contributed by atoms with E-state index >= 15 is 0 Å². The number of piperidine rings is 2. The van der Waals surface area contributed by atoms with Crippen LogP contribution in [0.3, 0.4) is 0 Å². The maximum atomic E-state index is 13.4. The number of nitrogens with zero attached hydrogens (tertiary/aromatic N) is 4. The van der Waals surface area contributed by atoms with Crippen molar-refractivity contribution in [2.24, 2.45) is 5.92 Å². The fourth-order valence-electron chi connectivity index (χ4n) is 7.14. The van der Waals surface area contributed by atoms with Gasteiger partial charge in [0, 0.05) is 36.6 Å². The first-order valence-electron chi connectivity index (χ1n) is 13.8. The minimum Gasteiger partial charge on any atom is -0.393 e. The van der Waals surface area contributed by atoms with Crippen molar-refractivity contribution in [1.29, 1.82) is 0 Å². The molecule has 0 aromatic carbocycles. The largest absolute Gasteiger partial charge is 0.393 e. The molecule has 4 heterocycles. The highest BCUT2D eigenvalue weighted by Gasteiger charge is 2.33. The maximum absolute atomic E-state index is 13.4. The van der Waals surface area contributed by atoms with Gasteiger partial charge in [0.05, 0.1) is 17.8 Å². The van der Waals surface area contributed by atoms with E-state index in [0.717, 1.165) is 62.0 Å². The third-order valence-corrected chi connectivity index (χ3v) is 10.4. The number of hydrogen-bond acceptors (Lipinski definition) is 6. The molecular formula is C27H40N4O2S. The summed E-state index contributed by atoms with van der Waals surface area (Å²) in [5, 5.41) is 10.8. The second-order valence-electron chi connectivity index (χ2n) is 11.3. The molecule has 1 N–H and O–H groups in total. The second-order valence-corrected chi connectivity index (χ2v) is 12.4. The smallest absolute Gasteiger partial charge is 0.262 e. The van der Waals surface area contributed by atoms with Gasteiger partial charge in [0.25, 0.3) is 5.56 Å². The van der Waals surface area contributed by atoms with Crippen LogP contribution in [0.25, 0.3) is 10.2 Å². The summed E-state index contributed by atoms with van der Waals surface area (Å²) in [6, 6.07) is 1.30. The van der Waals surface area contributed by atoms with Crippen molar-refractivity contribution in [1.82, 2.24) is 19.4 Å². The zero-order valence-electron chi connectivity index (χ0n) is 20.5. The van der Waals surface area contributed by atoms with Gasteiger partial charge >= 0.3 is 0 Å². The van der Waals surface area contributed by atoms with E-state index < -0.39 is 0 Å². The Kier molecular flexibility index (Phi) is 6.80. The van der Waals surface area contributed by atoms with E-state index in [1.807, 2.05) is 10.9 Å². The lowest BCUT2D eigenvalue weighted by Gasteiger charge is -2.44. The van der Waals surface area contributed by atoms with Crippen molar-refractivity contribution < 1.29 is 5.11 Å². The Bertz CT molecular complexity index is 1040. The lowest BCUT2D eigenvalue weighted by atomic mass is 9.89. The molecule has 3 fully saturated rings. The zero-order valence-corrected chi connectivity index (χ0v) is 21.3. The highest BCUT2D eigenvalue weighted by Crippen LogP contribution is 2.36. The van der Waals surface area contributed by atoms with E-state index in [0.29, 0.717) is 18.0 Å². The van der Waals surface area contributed by atoms with Crippen LogP contribution < -0.4 is 5.56 Å². The topological polar surface area (TPSA) is 61.6 Å². The molecule has 2 aliphatic carbocycles. The number of likely N-dealkylation sites (tertiary alicyclic amines) is 2. The van der Waals surface area contributed by atoms with Gasteiger partial charge in [-0.25, -0.2) is 4.98 Å². The van der Waals surface area contributed by atoms with Gasteiger partial charge < -0.3 is 10.0 Å². The number of aromatic nitrogens is 2. The molecule has 1 atom stereocenters. The van der Waals surface area contributed by atoms with Gasteiger partial charge in [-0.3, -0.25) is 14.3 Å². The number of aliphatic hydroxyl groups excluding tert-OH is 1. The van der Waals surface area contributed by atoms with Gasteiger partial charge in [-0.15, -0.1) is 11.3 Å². The van der Waals surface area contributed by atoms with Crippen LogP contribution in [0.5, 0.6) is 0 Å². The number of aryl methyl sites for hydroxylation is 1. The van der Waals surface area contributed by atoms with Crippen LogP contribution in [-0.2, 0) is 19.4 Å². The molecule has 1 unspecified atom stereocenters. The van der Waals surface area contributed by atoms with Crippen molar-refractivity contribution in [2.75, 3.05) is 26.2 Å². The van der Waals surface area contributed by atoms with Crippen LogP contribution in [0, 0.1) is 5.92 Å². The van der Waals surface area contributed by atoms with E-state index in [1.54, 1.807) is 11.3 Å². The molecule has 0 radical (unpaired) electrons. The van der Waals surface area contributed by atoms with E-state index in [2.05, 4.69) is 9.80 Å². The molecule has 0 spiro atoms. The highest BCUT2D eigenvalue weighted by atomic mass is 32.1. The molecule has 2 aromatic rings. The Labute approximate surface area is 207 Å². The highest BCUT2D eigenvalue weighted by molar-refractivity contribution is 7.18. The van der Waals surface area contributed by atoms with Crippen LogP contribution in [0.4, 0.5) is 0 Å². The normalized spacial score (nSPS) is 26.8. The van der Waals surface area contributed by atoms with Gasteiger partial charge in [0.1, 0.15) is 4.83 Å². The van der Waals surface area contributed by atoms with Crippen LogP contribution in [0.15, 0.2) is 11.1 Å². The van der Waals surface area contributed by atoms with Gasteiger partial charge in [-0.2, -0.15) is 0 Å². The molecule has 186 valence electrons. The Morgan fingerprint density at radius 1 is 0.912 bits per heavy atom. The standard InChI is InChI=1S/C27H40N4O2S/c32-22-10-14-29(15-11-22)20-8-12-30(13-9-20)21-6-7-23-24(16-21)34-26-25(23)27(33)31(18-28-26)17-19-4-2-1-3-5-19/h18-22,32H,1-17H2. The third kappa shape index (κ3) is 4.61. The molecule has 2 aliphatic heterocycles. The lowest BCUT2D eigenvalue weighted by molar-refractivity contribution is 0.0301. The number of fused-ring (bicyclic) bond motifs is 3. The summed E-state index contributed by atoms with van der Waals surface area (Å²) in [4.78, 5) is 25.9. The summed E-state index contributed by atoms with van der Waals surface area (Å²) in [7, 11) is 0. The molecule has 7 heteroatoms. The molecule has 6 nitrogen and oxygen atoms in total. The van der Waals surface area contributed by atoms with Crippen LogP contribution in [-0.4, -0.2) is 68.8 Å². The van der Waals surface area contributed by atoms with E-state index in [1.165, 1.54) is 68.5 Å². The minimum atomic E-state index is -0.0834. The molecule has 2 saturated heterocycles. The van der Waals surface area contributed by atoms with Crippen LogP contribution >= 0.6 is 11.3 Å². The SMILES string of the molecule is O=c1c2c3c(sc2ncn1CC1CCCCC1)CC(N1CCC(N2CCC(O)CC2)CC1)CC3. The van der Waals surface area contributed by atoms with Crippen molar-refractivity contribution in [2.45, 2.75) is 102 Å². The molecule has 1 saturated carbocycles. The average Bonchev–Trinajstić information content (AvgIpc) is 3.25. The Hall–Kier alpha value is -1.28. The van der Waals surface area contributed by atoms with Gasteiger partial charge in [-0.1, -0.05) is 19.3 Å². The summed E-state index contributed by atoms with van der Waals surface area (Å²) in [6.45, 7) is 5.33. The predicted octanol–water partition coefficient (Wildman–Crippen LogP) is 3.82. The number of hydrogen-bond donors (Lipinski definition) is 1. The summed E-state index contributed by atoms with van der Waals surface area (Å²) < 4.78 is 1.92. The van der Waals surface area contributed by atoms with Crippen molar-refractivity contribution in [3.05, 3.63) is 27.1 Å². The summed E-state index contributed by atoms with van der Waals surface area (Å²) in [6.07, 6.45) is 15.9. The summed E-state index contributed by atoms with van der Waals surface area (Å²) in [5.41, 5.74) is 1.52. The summed E-state index contributed by atoms with van der Waals surface area (Å²) in [5.74, 6) is 0.641. The maximum Gasteiger partial charge on any atom is 0.262 e. The Morgan fingerprint density at radius 3 is 2.38 bits per heavy atom. The quantitative estimate of drug-likeness (QED) is 0.715. The van der Waals surface area contributed by atoms with Crippen LogP contribution in [0.1, 0.15) is 74.6 Å². The fraction of sp³-hybridized carbons (Fsp3) is 0.778. The predicted molar refractivity (Wildman–Crippen MR) is 138 cm³/mol. The molecule has 2 aromatic heterocycles. The molecule has 4 aliphatic rings. The van der Waals surface area contributed by atoms with Gasteiger partial charge in [-0.05, 0) is 82.4 Å². The van der Waals surface area contributed by atoms with Gasteiger partial charge in [0.2, 0.25) is 0 Å². The van der Waals surface area contributed by atoms with E-state index in [4.69, 9.17) is 4.98 Å². The average molecular weight is 485 g/mol. The molecule has 34 heavy (non-hydrogen) atoms. The van der Waals surface area contributed by atoms with Gasteiger partial charge in [0.15, 0.2) is 0 Å². The number of aliphatic hydroxyl groups is 1. The Balaban J connectivity index is 1.12. The van der Waals surface area contributed by atoms with Crippen LogP contribution in [0.2, 0.25) is 0 Å². The first kappa shape index (κ1) is 23.1. The second kappa shape index (κ2) is 10.00. The first-order valence-corrected chi connectivity index (χ1v) is 14.6. The third-order valence-electron chi connectivity index (χ3n) is 9.22. The molecule has 0 amide bonds. The Morgan fingerprint density at radius 2 is 1.62 bits per heavy atom. The van der Waals surface area contributed by atoms with E-state index in [9.17, 15) is 9.90 Å². The molecular weight excluding hydrogens is 444 g/mol. The lowest BCUT2D eigenvalue weighted by Crippen LogP contribution is -2.51. The minimum absolute atomic E-state index is 0.0834. The molecule has 0 bridgehead atoms. The molecule has 6 rings (SSSR count). The van der Waals surface area contributed by atoms with Crippen molar-refractivity contribution in [3.8, 4) is 0 Å². The number of rotatable bonds is 4. The zero-order chi connectivity index (χ0) is 23.1. The van der Waals surface area contributed by atoms with E-state index in [-0.39, 0.29) is 11.7 Å². The van der Waals surface area contributed by atoms with Crippen molar-refractivity contribution in [3.63, 3.8) is 0 Å². The summed E-state index contributed by atoms with van der Waals surface area (Å²) >= 11 is 1.78. The van der Waals surface area contributed by atoms with Crippen molar-refractivity contribution >= 4 is 21.6 Å².